The number of rotatable bonds is 4. The summed E-state index contributed by atoms with van der Waals surface area (Å²) < 4.78 is 47.5. The predicted molar refractivity (Wildman–Crippen MR) is 129 cm³/mol. The lowest BCUT2D eigenvalue weighted by Gasteiger charge is -2.36. The van der Waals surface area contributed by atoms with E-state index >= 15 is 0 Å². The highest BCUT2D eigenvalue weighted by atomic mass is 19.4. The quantitative estimate of drug-likeness (QED) is 0.418. The van der Waals surface area contributed by atoms with Crippen molar-refractivity contribution in [1.29, 1.82) is 0 Å². The van der Waals surface area contributed by atoms with Gasteiger partial charge in [0.25, 0.3) is 0 Å². The molecule has 0 unspecified atom stereocenters. The molecule has 1 aliphatic rings. The molecule has 2 heterocycles. The number of phenolic OH excluding ortho intramolecular Hbond substituents is 1. The number of phenols is 1. The van der Waals surface area contributed by atoms with Gasteiger partial charge < -0.3 is 14.4 Å². The van der Waals surface area contributed by atoms with E-state index in [4.69, 9.17) is 4.42 Å². The van der Waals surface area contributed by atoms with Crippen molar-refractivity contribution in [1.82, 2.24) is 4.90 Å². The van der Waals surface area contributed by atoms with Gasteiger partial charge in [-0.25, -0.2) is 0 Å². The third kappa shape index (κ3) is 4.49. The zero-order valence-corrected chi connectivity index (χ0v) is 18.8. The number of anilines is 1. The van der Waals surface area contributed by atoms with Crippen molar-refractivity contribution < 1.29 is 22.7 Å². The van der Waals surface area contributed by atoms with Gasteiger partial charge in [-0.3, -0.25) is 9.69 Å². The highest BCUT2D eigenvalue weighted by Gasteiger charge is 2.40. The number of piperazine rings is 1. The van der Waals surface area contributed by atoms with Crippen LogP contribution in [0.2, 0.25) is 0 Å². The first kappa shape index (κ1) is 23.0. The Hall–Kier alpha value is -3.78. The van der Waals surface area contributed by atoms with Gasteiger partial charge in [0.05, 0.1) is 16.5 Å². The minimum Gasteiger partial charge on any atom is -0.507 e. The Balaban J connectivity index is 1.53. The molecule has 1 aromatic heterocycles. The minimum absolute atomic E-state index is 0.00701. The zero-order valence-electron chi connectivity index (χ0n) is 18.8. The molecule has 1 saturated heterocycles. The van der Waals surface area contributed by atoms with E-state index in [1.807, 2.05) is 35.2 Å². The van der Waals surface area contributed by atoms with E-state index in [-0.39, 0.29) is 34.4 Å². The number of nitrogens with zero attached hydrogens (tertiary/aromatic N) is 2. The monoisotopic (exact) mass is 480 g/mol. The fourth-order valence-electron chi connectivity index (χ4n) is 4.55. The van der Waals surface area contributed by atoms with Crippen LogP contribution < -0.4 is 10.3 Å². The molecule has 3 aromatic carbocycles. The van der Waals surface area contributed by atoms with E-state index in [1.54, 1.807) is 18.2 Å². The first-order chi connectivity index (χ1) is 16.8. The topological polar surface area (TPSA) is 56.9 Å². The molecule has 0 atom stereocenters. The molecule has 1 N–H and O–H groups in total. The molecule has 5 rings (SSSR count). The molecule has 0 radical (unpaired) electrons. The Labute approximate surface area is 199 Å². The fourth-order valence-corrected chi connectivity index (χ4v) is 4.55. The van der Waals surface area contributed by atoms with Crippen molar-refractivity contribution in [3.8, 4) is 16.9 Å². The molecular weight excluding hydrogens is 457 g/mol. The molecule has 8 heteroatoms. The Kier molecular flexibility index (Phi) is 5.98. The average molecular weight is 480 g/mol. The summed E-state index contributed by atoms with van der Waals surface area (Å²) in [5, 5.41) is 10.6. The molecule has 0 saturated carbocycles. The lowest BCUT2D eigenvalue weighted by atomic mass is 10.00. The van der Waals surface area contributed by atoms with Crippen LogP contribution in [-0.4, -0.2) is 36.2 Å². The highest BCUT2D eigenvalue weighted by Crippen LogP contribution is 2.39. The summed E-state index contributed by atoms with van der Waals surface area (Å²) in [5.74, 6) is -1.56. The molecule has 180 valence electrons. The van der Waals surface area contributed by atoms with Gasteiger partial charge in [-0.1, -0.05) is 48.5 Å². The van der Waals surface area contributed by atoms with E-state index in [0.29, 0.717) is 13.1 Å². The van der Waals surface area contributed by atoms with Crippen molar-refractivity contribution >= 4 is 16.7 Å². The molecule has 35 heavy (non-hydrogen) atoms. The van der Waals surface area contributed by atoms with Crippen LogP contribution in [0.15, 0.2) is 82.0 Å². The van der Waals surface area contributed by atoms with Crippen LogP contribution in [0.1, 0.15) is 11.3 Å². The van der Waals surface area contributed by atoms with Crippen molar-refractivity contribution in [3.05, 3.63) is 94.3 Å². The summed E-state index contributed by atoms with van der Waals surface area (Å²) in [5.41, 5.74) is -0.124. The second kappa shape index (κ2) is 9.11. The highest BCUT2D eigenvalue weighted by molar-refractivity contribution is 5.86. The van der Waals surface area contributed by atoms with Gasteiger partial charge in [-0.15, -0.1) is 0 Å². The van der Waals surface area contributed by atoms with Crippen LogP contribution >= 0.6 is 0 Å². The lowest BCUT2D eigenvalue weighted by molar-refractivity contribution is -0.152. The molecule has 0 amide bonds. The number of halogens is 3. The zero-order chi connectivity index (χ0) is 24.6. The van der Waals surface area contributed by atoms with Crippen molar-refractivity contribution in [2.45, 2.75) is 12.7 Å². The summed E-state index contributed by atoms with van der Waals surface area (Å²) >= 11 is 0. The molecular formula is C27H23F3N2O3. The molecule has 0 bridgehead atoms. The van der Waals surface area contributed by atoms with E-state index in [2.05, 4.69) is 4.90 Å². The standard InChI is InChI=1S/C27H23F3N2O3/c28-27(29,30)26-23(18-7-3-1-4-8-18)24(34)20-11-12-22(33)21(25(20)35-26)17-31-13-15-32(16-14-31)19-9-5-2-6-10-19/h1-12,33H,13-17H2. The van der Waals surface area contributed by atoms with Gasteiger partial charge in [-0.05, 0) is 29.8 Å². The third-order valence-electron chi connectivity index (χ3n) is 6.33. The number of para-hydroxylation sites is 1. The van der Waals surface area contributed by atoms with Crippen molar-refractivity contribution in [3.63, 3.8) is 0 Å². The Morgan fingerprint density at radius 2 is 1.49 bits per heavy atom. The molecule has 0 spiro atoms. The second-order valence-electron chi connectivity index (χ2n) is 8.54. The summed E-state index contributed by atoms with van der Waals surface area (Å²) in [6, 6.07) is 20.3. The van der Waals surface area contributed by atoms with E-state index in [9.17, 15) is 23.1 Å². The number of fused-ring (bicyclic) bond motifs is 1. The maximum Gasteiger partial charge on any atom is 0.450 e. The molecule has 1 aliphatic heterocycles. The van der Waals surface area contributed by atoms with E-state index < -0.39 is 22.9 Å². The maximum atomic E-state index is 14.0. The van der Waals surface area contributed by atoms with Crippen LogP contribution in [0.4, 0.5) is 18.9 Å². The van der Waals surface area contributed by atoms with Crippen LogP contribution in [0.5, 0.6) is 5.75 Å². The van der Waals surface area contributed by atoms with Crippen LogP contribution in [0.3, 0.4) is 0 Å². The van der Waals surface area contributed by atoms with Crippen molar-refractivity contribution in [2.75, 3.05) is 31.1 Å². The maximum absolute atomic E-state index is 14.0. The number of hydrogen-bond acceptors (Lipinski definition) is 5. The number of benzene rings is 3. The van der Waals surface area contributed by atoms with Gasteiger partial charge in [0.2, 0.25) is 11.2 Å². The number of aromatic hydroxyl groups is 1. The predicted octanol–water partition coefficient (Wildman–Crippen LogP) is 5.51. The smallest absolute Gasteiger partial charge is 0.450 e. The fraction of sp³-hybridized carbons (Fsp3) is 0.222. The average Bonchev–Trinajstić information content (AvgIpc) is 2.86. The Morgan fingerprint density at radius 1 is 0.857 bits per heavy atom. The van der Waals surface area contributed by atoms with Crippen molar-refractivity contribution in [2.24, 2.45) is 0 Å². The summed E-state index contributed by atoms with van der Waals surface area (Å²) in [7, 11) is 0. The largest absolute Gasteiger partial charge is 0.507 e. The first-order valence-electron chi connectivity index (χ1n) is 11.3. The second-order valence-corrected chi connectivity index (χ2v) is 8.54. The van der Waals surface area contributed by atoms with Crippen LogP contribution in [0.25, 0.3) is 22.1 Å². The normalized spacial score (nSPS) is 15.0. The third-order valence-corrected chi connectivity index (χ3v) is 6.33. The molecule has 1 fully saturated rings. The van der Waals surface area contributed by atoms with Crippen LogP contribution in [0, 0.1) is 0 Å². The molecule has 0 aliphatic carbocycles. The minimum atomic E-state index is -4.89. The van der Waals surface area contributed by atoms with Gasteiger partial charge >= 0.3 is 6.18 Å². The number of hydrogen-bond donors (Lipinski definition) is 1. The van der Waals surface area contributed by atoms with Gasteiger partial charge in [-0.2, -0.15) is 13.2 Å². The summed E-state index contributed by atoms with van der Waals surface area (Å²) in [6.45, 7) is 2.90. The molecule has 5 nitrogen and oxygen atoms in total. The number of alkyl halides is 3. The lowest BCUT2D eigenvalue weighted by Crippen LogP contribution is -2.46. The van der Waals surface area contributed by atoms with Crippen LogP contribution in [-0.2, 0) is 12.7 Å². The Bertz CT molecular complexity index is 1390. The SMILES string of the molecule is O=c1c(-c2ccccc2)c(C(F)(F)F)oc2c(CN3CCN(c4ccccc4)CC3)c(O)ccc12. The van der Waals surface area contributed by atoms with Gasteiger partial charge in [0.1, 0.15) is 11.3 Å². The van der Waals surface area contributed by atoms with E-state index in [0.717, 1.165) is 18.8 Å². The summed E-state index contributed by atoms with van der Waals surface area (Å²) in [6.07, 6.45) is -4.89. The molecule has 4 aromatic rings. The van der Waals surface area contributed by atoms with Gasteiger partial charge in [0, 0.05) is 38.4 Å². The Morgan fingerprint density at radius 3 is 2.11 bits per heavy atom. The summed E-state index contributed by atoms with van der Waals surface area (Å²) in [4.78, 5) is 17.6. The first-order valence-corrected chi connectivity index (χ1v) is 11.3. The van der Waals surface area contributed by atoms with Gasteiger partial charge in [0.15, 0.2) is 0 Å². The van der Waals surface area contributed by atoms with E-state index in [1.165, 1.54) is 24.3 Å².